The van der Waals surface area contributed by atoms with Crippen molar-refractivity contribution in [2.45, 2.75) is 32.4 Å². The predicted molar refractivity (Wildman–Crippen MR) is 101 cm³/mol. The van der Waals surface area contributed by atoms with Crippen LogP contribution in [0.15, 0.2) is 30.5 Å². The number of rotatable bonds is 5. The molecule has 1 atom stereocenters. The van der Waals surface area contributed by atoms with Crippen molar-refractivity contribution in [3.63, 3.8) is 0 Å². The number of benzene rings is 1. The Kier molecular flexibility index (Phi) is 4.78. The Labute approximate surface area is 151 Å². The van der Waals surface area contributed by atoms with Crippen LogP contribution in [0, 0.1) is 5.82 Å². The van der Waals surface area contributed by atoms with Crippen LogP contribution < -0.4 is 16.4 Å². The molecule has 26 heavy (non-hydrogen) atoms. The van der Waals surface area contributed by atoms with Crippen LogP contribution >= 0.6 is 0 Å². The second kappa shape index (κ2) is 6.87. The van der Waals surface area contributed by atoms with Crippen LogP contribution in [-0.4, -0.2) is 31.8 Å². The Morgan fingerprint density at radius 2 is 1.96 bits per heavy atom. The first-order chi connectivity index (χ1) is 12.2. The van der Waals surface area contributed by atoms with E-state index in [0.29, 0.717) is 29.5 Å². The van der Waals surface area contributed by atoms with Crippen molar-refractivity contribution < 1.29 is 4.39 Å². The summed E-state index contributed by atoms with van der Waals surface area (Å²) in [6.45, 7) is 6.47. The van der Waals surface area contributed by atoms with E-state index in [2.05, 4.69) is 46.5 Å². The van der Waals surface area contributed by atoms with Gasteiger partial charge in [-0.25, -0.2) is 4.39 Å². The molecule has 4 N–H and O–H groups in total. The third-order valence-electron chi connectivity index (χ3n) is 3.87. The third kappa shape index (κ3) is 3.91. The molecule has 0 saturated carbocycles. The van der Waals surface area contributed by atoms with Crippen LogP contribution in [0.3, 0.4) is 0 Å². The first-order valence-electron chi connectivity index (χ1n) is 8.46. The van der Waals surface area contributed by atoms with Gasteiger partial charge in [-0.15, -0.1) is 0 Å². The van der Waals surface area contributed by atoms with Gasteiger partial charge < -0.3 is 16.4 Å². The minimum Gasteiger partial charge on any atom is -0.365 e. The summed E-state index contributed by atoms with van der Waals surface area (Å²) in [6.07, 6.45) is 1.73. The van der Waals surface area contributed by atoms with Gasteiger partial charge >= 0.3 is 0 Å². The van der Waals surface area contributed by atoms with E-state index >= 15 is 0 Å². The van der Waals surface area contributed by atoms with Gasteiger partial charge in [0.05, 0.1) is 17.6 Å². The summed E-state index contributed by atoms with van der Waals surface area (Å²) in [6, 6.07) is 5.98. The zero-order valence-corrected chi connectivity index (χ0v) is 15.4. The molecular formula is C18H24FN7. The van der Waals surface area contributed by atoms with Gasteiger partial charge in [0, 0.05) is 24.7 Å². The smallest absolute Gasteiger partial charge is 0.226 e. The quantitative estimate of drug-likeness (QED) is 0.650. The summed E-state index contributed by atoms with van der Waals surface area (Å²) >= 11 is 0. The summed E-state index contributed by atoms with van der Waals surface area (Å²) in [7, 11) is 1.82. The monoisotopic (exact) mass is 357 g/mol. The van der Waals surface area contributed by atoms with Gasteiger partial charge in [-0.2, -0.15) is 15.1 Å². The molecule has 0 radical (unpaired) electrons. The number of nitrogens with two attached hydrogens (primary N) is 1. The van der Waals surface area contributed by atoms with Crippen molar-refractivity contribution >= 4 is 22.8 Å². The van der Waals surface area contributed by atoms with E-state index in [1.165, 1.54) is 6.07 Å². The second-order valence-corrected chi connectivity index (χ2v) is 7.29. The zero-order chi connectivity index (χ0) is 18.9. The van der Waals surface area contributed by atoms with Crippen LogP contribution in [0.1, 0.15) is 32.4 Å². The van der Waals surface area contributed by atoms with Crippen LogP contribution in [0.2, 0.25) is 0 Å². The molecule has 8 heteroatoms. The highest BCUT2D eigenvalue weighted by Gasteiger charge is 2.17. The molecule has 3 aromatic rings. The number of halogens is 1. The molecule has 7 nitrogen and oxygen atoms in total. The van der Waals surface area contributed by atoms with Crippen LogP contribution in [0.25, 0.3) is 11.0 Å². The number of fused-ring (bicyclic) bond motifs is 1. The van der Waals surface area contributed by atoms with E-state index in [1.54, 1.807) is 29.1 Å². The van der Waals surface area contributed by atoms with Gasteiger partial charge in [-0.3, -0.25) is 4.68 Å². The molecule has 3 rings (SSSR count). The molecule has 138 valence electrons. The van der Waals surface area contributed by atoms with Crippen molar-refractivity contribution in [1.29, 1.82) is 0 Å². The number of nitrogens with one attached hydrogen (secondary N) is 2. The predicted octanol–water partition coefficient (Wildman–Crippen LogP) is 2.82. The normalized spacial score (nSPS) is 13.0. The lowest BCUT2D eigenvalue weighted by molar-refractivity contribution is 0.587. The molecule has 0 amide bonds. The lowest BCUT2D eigenvalue weighted by atomic mass is 10.1. The number of aryl methyl sites for hydroxylation is 1. The summed E-state index contributed by atoms with van der Waals surface area (Å²) in [5.41, 5.74) is 7.10. The summed E-state index contributed by atoms with van der Waals surface area (Å²) < 4.78 is 15.6. The maximum absolute atomic E-state index is 13.9. The van der Waals surface area contributed by atoms with E-state index in [4.69, 9.17) is 5.73 Å². The highest BCUT2D eigenvalue weighted by molar-refractivity contribution is 5.87. The van der Waals surface area contributed by atoms with Crippen molar-refractivity contribution in [3.05, 3.63) is 41.8 Å². The molecule has 1 aromatic carbocycles. The van der Waals surface area contributed by atoms with Crippen molar-refractivity contribution in [3.8, 4) is 0 Å². The van der Waals surface area contributed by atoms with E-state index < -0.39 is 6.04 Å². The van der Waals surface area contributed by atoms with Crippen molar-refractivity contribution in [1.82, 2.24) is 19.7 Å². The molecule has 0 aliphatic carbocycles. The van der Waals surface area contributed by atoms with E-state index in [0.717, 1.165) is 5.39 Å². The molecule has 0 aliphatic heterocycles. The molecule has 0 spiro atoms. The van der Waals surface area contributed by atoms with Gasteiger partial charge in [-0.05, 0) is 26.8 Å². The Bertz CT molecular complexity index is 914. The fourth-order valence-electron chi connectivity index (χ4n) is 2.64. The third-order valence-corrected chi connectivity index (χ3v) is 3.87. The molecular weight excluding hydrogens is 333 g/mol. The van der Waals surface area contributed by atoms with Gasteiger partial charge in [0.25, 0.3) is 0 Å². The first kappa shape index (κ1) is 18.1. The molecule has 0 fully saturated rings. The molecule has 0 saturated heterocycles. The Morgan fingerprint density at radius 3 is 2.65 bits per heavy atom. The van der Waals surface area contributed by atoms with Gasteiger partial charge in [0.1, 0.15) is 11.6 Å². The topological polar surface area (TPSA) is 93.7 Å². The minimum absolute atomic E-state index is 0.169. The van der Waals surface area contributed by atoms with Crippen LogP contribution in [0.4, 0.5) is 16.2 Å². The largest absolute Gasteiger partial charge is 0.365 e. The number of aromatic nitrogens is 4. The first-order valence-corrected chi connectivity index (χ1v) is 8.46. The maximum Gasteiger partial charge on any atom is 0.226 e. The molecule has 0 unspecified atom stereocenters. The standard InChI is InChI=1S/C18H24FN7/c1-18(2,3)25-15-12-9-22-26(4)16(12)24-17(23-15)21-10-14(20)11-7-5-6-8-13(11)19/h5-9,14H,10,20H2,1-4H3,(H2,21,23,24,25)/t14-/m1/s1. The Morgan fingerprint density at radius 1 is 1.23 bits per heavy atom. The minimum atomic E-state index is -0.513. The molecule has 0 bridgehead atoms. The number of anilines is 2. The summed E-state index contributed by atoms with van der Waals surface area (Å²) in [5.74, 6) is 0.789. The second-order valence-electron chi connectivity index (χ2n) is 7.29. The fraction of sp³-hybridized carbons (Fsp3) is 0.389. The Hall–Kier alpha value is -2.74. The highest BCUT2D eigenvalue weighted by Crippen LogP contribution is 2.24. The average molecular weight is 357 g/mol. The molecule has 0 aliphatic rings. The zero-order valence-electron chi connectivity index (χ0n) is 15.4. The lowest BCUT2D eigenvalue weighted by Crippen LogP contribution is -2.27. The van der Waals surface area contributed by atoms with Gasteiger partial charge in [0.2, 0.25) is 5.95 Å². The highest BCUT2D eigenvalue weighted by atomic mass is 19.1. The van der Waals surface area contributed by atoms with Crippen molar-refractivity contribution in [2.75, 3.05) is 17.2 Å². The van der Waals surface area contributed by atoms with Crippen molar-refractivity contribution in [2.24, 2.45) is 12.8 Å². The SMILES string of the molecule is Cn1ncc2c(NC(C)(C)C)nc(NC[C@@H](N)c3ccccc3F)nc21. The number of hydrogen-bond acceptors (Lipinski definition) is 6. The summed E-state index contributed by atoms with van der Waals surface area (Å²) in [5, 5.41) is 11.6. The fourth-order valence-corrected chi connectivity index (χ4v) is 2.64. The summed E-state index contributed by atoms with van der Waals surface area (Å²) in [4.78, 5) is 9.05. The van der Waals surface area contributed by atoms with Crippen LogP contribution in [-0.2, 0) is 7.05 Å². The van der Waals surface area contributed by atoms with Gasteiger partial charge in [0.15, 0.2) is 5.65 Å². The molecule has 2 aromatic heterocycles. The molecule has 2 heterocycles. The maximum atomic E-state index is 13.9. The average Bonchev–Trinajstić information content (AvgIpc) is 2.93. The van der Waals surface area contributed by atoms with Crippen LogP contribution in [0.5, 0.6) is 0 Å². The Balaban J connectivity index is 1.86. The van der Waals surface area contributed by atoms with Gasteiger partial charge in [-0.1, -0.05) is 18.2 Å². The van der Waals surface area contributed by atoms with E-state index in [9.17, 15) is 4.39 Å². The van der Waals surface area contributed by atoms with E-state index in [-0.39, 0.29) is 11.4 Å². The lowest BCUT2D eigenvalue weighted by Gasteiger charge is -2.22. The van der Waals surface area contributed by atoms with E-state index in [1.807, 2.05) is 7.05 Å². The number of hydrogen-bond donors (Lipinski definition) is 3. The number of nitrogens with zero attached hydrogens (tertiary/aromatic N) is 4.